The molecule has 1 fully saturated rings. The number of amides is 2. The molecule has 1 aliphatic rings. The van der Waals surface area contributed by atoms with E-state index in [0.717, 1.165) is 11.3 Å². The number of aryl methyl sites for hydroxylation is 2. The van der Waals surface area contributed by atoms with Crippen LogP contribution in [0, 0.1) is 19.8 Å². The number of methoxy groups -OCH3 is 1. The maximum absolute atomic E-state index is 12.4. The molecule has 22 heavy (non-hydrogen) atoms. The van der Waals surface area contributed by atoms with Crippen molar-refractivity contribution in [3.05, 3.63) is 29.3 Å². The largest absolute Gasteiger partial charge is 0.383 e. The lowest BCUT2D eigenvalue weighted by Crippen LogP contribution is -2.38. The van der Waals surface area contributed by atoms with Crippen LogP contribution in [0.3, 0.4) is 0 Å². The van der Waals surface area contributed by atoms with E-state index in [1.807, 2.05) is 39.0 Å². The van der Waals surface area contributed by atoms with Gasteiger partial charge in [0.15, 0.2) is 0 Å². The van der Waals surface area contributed by atoms with E-state index in [-0.39, 0.29) is 30.2 Å². The Balaban J connectivity index is 1.99. The minimum absolute atomic E-state index is 0.00285. The molecule has 5 heteroatoms. The topological polar surface area (TPSA) is 58.6 Å². The summed E-state index contributed by atoms with van der Waals surface area (Å²) < 4.78 is 5.09. The summed E-state index contributed by atoms with van der Waals surface area (Å²) in [5, 5.41) is 2.91. The van der Waals surface area contributed by atoms with Crippen molar-refractivity contribution in [3.8, 4) is 0 Å². The number of carbonyl (C=O) groups excluding carboxylic acids is 2. The molecule has 120 valence electrons. The number of hydrogen-bond acceptors (Lipinski definition) is 3. The SMILES string of the molecule is COC[C@@H](C)N1C[C@@H](C(=O)Nc2ccc(C)c(C)c2)CC1=O. The maximum Gasteiger partial charge on any atom is 0.229 e. The van der Waals surface area contributed by atoms with Crippen molar-refractivity contribution in [2.24, 2.45) is 5.92 Å². The molecule has 2 atom stereocenters. The molecule has 5 nitrogen and oxygen atoms in total. The van der Waals surface area contributed by atoms with Gasteiger partial charge in [-0.3, -0.25) is 9.59 Å². The molecule has 0 aliphatic carbocycles. The van der Waals surface area contributed by atoms with Crippen LogP contribution in [-0.2, 0) is 14.3 Å². The van der Waals surface area contributed by atoms with Crippen molar-refractivity contribution >= 4 is 17.5 Å². The predicted molar refractivity (Wildman–Crippen MR) is 85.7 cm³/mol. The normalized spacial score (nSPS) is 19.4. The molecule has 1 aromatic rings. The summed E-state index contributed by atoms with van der Waals surface area (Å²) in [4.78, 5) is 26.1. The third-order valence-electron chi connectivity index (χ3n) is 4.24. The number of hydrogen-bond donors (Lipinski definition) is 1. The van der Waals surface area contributed by atoms with Crippen molar-refractivity contribution in [1.82, 2.24) is 4.90 Å². The van der Waals surface area contributed by atoms with Crippen LogP contribution >= 0.6 is 0 Å². The first kappa shape index (κ1) is 16.5. The number of nitrogens with zero attached hydrogens (tertiary/aromatic N) is 1. The highest BCUT2D eigenvalue weighted by Gasteiger charge is 2.36. The smallest absolute Gasteiger partial charge is 0.229 e. The minimum Gasteiger partial charge on any atom is -0.383 e. The first-order chi connectivity index (χ1) is 10.4. The summed E-state index contributed by atoms with van der Waals surface area (Å²) >= 11 is 0. The number of benzene rings is 1. The van der Waals surface area contributed by atoms with Gasteiger partial charge in [0.1, 0.15) is 0 Å². The van der Waals surface area contributed by atoms with Gasteiger partial charge in [-0.2, -0.15) is 0 Å². The molecular weight excluding hydrogens is 280 g/mol. The molecule has 1 aliphatic heterocycles. The number of anilines is 1. The highest BCUT2D eigenvalue weighted by Crippen LogP contribution is 2.22. The Bertz CT molecular complexity index is 571. The molecule has 0 radical (unpaired) electrons. The number of carbonyl (C=O) groups is 2. The van der Waals surface area contributed by atoms with E-state index in [4.69, 9.17) is 4.74 Å². The van der Waals surface area contributed by atoms with Crippen LogP contribution in [0.5, 0.6) is 0 Å². The number of rotatable bonds is 5. The van der Waals surface area contributed by atoms with Crippen molar-refractivity contribution in [3.63, 3.8) is 0 Å². The summed E-state index contributed by atoms with van der Waals surface area (Å²) in [6.45, 7) is 6.92. The van der Waals surface area contributed by atoms with Crippen LogP contribution in [0.15, 0.2) is 18.2 Å². The molecule has 1 aromatic carbocycles. The van der Waals surface area contributed by atoms with Gasteiger partial charge in [-0.25, -0.2) is 0 Å². The van der Waals surface area contributed by atoms with Crippen LogP contribution in [0.25, 0.3) is 0 Å². The average molecular weight is 304 g/mol. The summed E-state index contributed by atoms with van der Waals surface area (Å²) in [6.07, 6.45) is 0.269. The third kappa shape index (κ3) is 3.65. The van der Waals surface area contributed by atoms with Crippen LogP contribution in [0.1, 0.15) is 24.5 Å². The van der Waals surface area contributed by atoms with Gasteiger partial charge in [0.2, 0.25) is 11.8 Å². The van der Waals surface area contributed by atoms with Crippen LogP contribution in [-0.4, -0.2) is 43.0 Å². The summed E-state index contributed by atoms with van der Waals surface area (Å²) in [6, 6.07) is 5.83. The Morgan fingerprint density at radius 2 is 2.14 bits per heavy atom. The van der Waals surface area contributed by atoms with Crippen LogP contribution in [0.4, 0.5) is 5.69 Å². The van der Waals surface area contributed by atoms with E-state index in [1.165, 1.54) is 5.56 Å². The highest BCUT2D eigenvalue weighted by molar-refractivity contribution is 5.97. The second-order valence-electron chi connectivity index (χ2n) is 6.04. The van der Waals surface area contributed by atoms with Gasteiger partial charge in [-0.15, -0.1) is 0 Å². The zero-order valence-electron chi connectivity index (χ0n) is 13.7. The standard InChI is InChI=1S/C17H24N2O3/c1-11-5-6-15(7-12(11)2)18-17(21)14-8-16(20)19(9-14)13(3)10-22-4/h5-7,13-14H,8-10H2,1-4H3,(H,18,21)/t13-,14+/m1/s1. The molecular formula is C17H24N2O3. The fourth-order valence-electron chi connectivity index (χ4n) is 2.73. The molecule has 0 bridgehead atoms. The van der Waals surface area contributed by atoms with Gasteiger partial charge in [-0.1, -0.05) is 6.07 Å². The molecule has 1 saturated heterocycles. The monoisotopic (exact) mass is 304 g/mol. The second-order valence-corrected chi connectivity index (χ2v) is 6.04. The van der Waals surface area contributed by atoms with E-state index in [1.54, 1.807) is 12.0 Å². The van der Waals surface area contributed by atoms with E-state index >= 15 is 0 Å². The lowest BCUT2D eigenvalue weighted by atomic mass is 10.1. The number of ether oxygens (including phenoxy) is 1. The van der Waals surface area contributed by atoms with Crippen molar-refractivity contribution in [2.45, 2.75) is 33.2 Å². The Labute approximate surface area is 131 Å². The van der Waals surface area contributed by atoms with Gasteiger partial charge in [0, 0.05) is 25.8 Å². The van der Waals surface area contributed by atoms with Crippen LogP contribution in [0.2, 0.25) is 0 Å². The zero-order chi connectivity index (χ0) is 16.3. The molecule has 0 spiro atoms. The van der Waals surface area contributed by atoms with Crippen molar-refractivity contribution in [2.75, 3.05) is 25.6 Å². The first-order valence-electron chi connectivity index (χ1n) is 7.59. The lowest BCUT2D eigenvalue weighted by Gasteiger charge is -2.23. The molecule has 0 saturated carbocycles. The maximum atomic E-state index is 12.4. The molecule has 2 rings (SSSR count). The third-order valence-corrected chi connectivity index (χ3v) is 4.24. The van der Waals surface area contributed by atoms with E-state index in [2.05, 4.69) is 5.32 Å². The zero-order valence-corrected chi connectivity index (χ0v) is 13.7. The van der Waals surface area contributed by atoms with Crippen molar-refractivity contribution in [1.29, 1.82) is 0 Å². The van der Waals surface area contributed by atoms with Crippen molar-refractivity contribution < 1.29 is 14.3 Å². The lowest BCUT2D eigenvalue weighted by molar-refractivity contribution is -0.130. The Hall–Kier alpha value is -1.88. The Kier molecular flexibility index (Phi) is 5.19. The second kappa shape index (κ2) is 6.92. The number of likely N-dealkylation sites (tertiary alicyclic amines) is 1. The fourth-order valence-corrected chi connectivity index (χ4v) is 2.73. The number of nitrogens with one attached hydrogen (secondary N) is 1. The predicted octanol–water partition coefficient (Wildman–Crippen LogP) is 2.13. The fraction of sp³-hybridized carbons (Fsp3) is 0.529. The van der Waals surface area contributed by atoms with Gasteiger partial charge >= 0.3 is 0 Å². The molecule has 2 amide bonds. The van der Waals surface area contributed by atoms with E-state index < -0.39 is 0 Å². The summed E-state index contributed by atoms with van der Waals surface area (Å²) in [5.74, 6) is -0.373. The Morgan fingerprint density at radius 1 is 1.41 bits per heavy atom. The average Bonchev–Trinajstić information content (AvgIpc) is 2.85. The van der Waals surface area contributed by atoms with Gasteiger partial charge in [0.05, 0.1) is 18.6 Å². The minimum atomic E-state index is -0.298. The quantitative estimate of drug-likeness (QED) is 0.906. The van der Waals surface area contributed by atoms with E-state index in [9.17, 15) is 9.59 Å². The van der Waals surface area contributed by atoms with Gasteiger partial charge < -0.3 is 15.0 Å². The highest BCUT2D eigenvalue weighted by atomic mass is 16.5. The Morgan fingerprint density at radius 3 is 2.77 bits per heavy atom. The van der Waals surface area contributed by atoms with Gasteiger partial charge in [0.25, 0.3) is 0 Å². The van der Waals surface area contributed by atoms with Crippen LogP contribution < -0.4 is 5.32 Å². The molecule has 0 unspecified atom stereocenters. The molecule has 1 N–H and O–H groups in total. The van der Waals surface area contributed by atoms with E-state index in [0.29, 0.717) is 13.2 Å². The summed E-state index contributed by atoms with van der Waals surface area (Å²) in [5.41, 5.74) is 3.10. The molecule has 1 heterocycles. The summed E-state index contributed by atoms with van der Waals surface area (Å²) in [7, 11) is 1.61. The first-order valence-corrected chi connectivity index (χ1v) is 7.59. The van der Waals surface area contributed by atoms with Gasteiger partial charge in [-0.05, 0) is 44.0 Å². The molecule has 0 aromatic heterocycles.